The molecule has 3 rings (SSSR count). The molecule has 0 atom stereocenters. The zero-order chi connectivity index (χ0) is 19.2. The summed E-state index contributed by atoms with van der Waals surface area (Å²) in [4.78, 5) is 11.8. The molecule has 0 fully saturated rings. The summed E-state index contributed by atoms with van der Waals surface area (Å²) < 4.78 is 29.5. The van der Waals surface area contributed by atoms with Crippen molar-refractivity contribution in [2.75, 3.05) is 0 Å². The van der Waals surface area contributed by atoms with E-state index in [-0.39, 0.29) is 16.0 Å². The standard InChI is InChI=1S/C20H15NO5S/c22-20(21-23)18-9-5-4-8-17(18)19(27(24)25)14-10-12-16(13-11-14)26-15-6-2-1-3-7-15/h1-13,23H,(H,21,22). The lowest BCUT2D eigenvalue weighted by atomic mass is 9.99. The second-order valence-corrected chi connectivity index (χ2v) is 6.37. The molecule has 3 aromatic rings. The van der Waals surface area contributed by atoms with Gasteiger partial charge in [-0.2, -0.15) is 8.42 Å². The van der Waals surface area contributed by atoms with Crippen molar-refractivity contribution in [1.29, 1.82) is 0 Å². The third-order valence-corrected chi connectivity index (χ3v) is 4.57. The van der Waals surface area contributed by atoms with Crippen LogP contribution in [0.25, 0.3) is 0 Å². The van der Waals surface area contributed by atoms with Gasteiger partial charge < -0.3 is 4.74 Å². The number of rotatable bonds is 5. The van der Waals surface area contributed by atoms with E-state index in [0.29, 0.717) is 17.1 Å². The minimum absolute atomic E-state index is 0.0452. The minimum atomic E-state index is -2.61. The summed E-state index contributed by atoms with van der Waals surface area (Å²) in [7, 11) is -2.61. The monoisotopic (exact) mass is 381 g/mol. The largest absolute Gasteiger partial charge is 0.457 e. The Morgan fingerprint density at radius 2 is 1.33 bits per heavy atom. The molecule has 0 unspecified atom stereocenters. The Hall–Kier alpha value is -3.42. The first-order valence-corrected chi connectivity index (χ1v) is 9.01. The zero-order valence-corrected chi connectivity index (χ0v) is 14.8. The Kier molecular flexibility index (Phi) is 5.65. The molecule has 3 aromatic carbocycles. The molecule has 7 heteroatoms. The maximum Gasteiger partial charge on any atom is 0.275 e. The highest BCUT2D eigenvalue weighted by Gasteiger charge is 2.17. The molecule has 2 N–H and O–H groups in total. The molecule has 136 valence electrons. The lowest BCUT2D eigenvalue weighted by molar-refractivity contribution is 0.0706. The normalized spacial score (nSPS) is 10.1. The highest BCUT2D eigenvalue weighted by molar-refractivity contribution is 7.74. The summed E-state index contributed by atoms with van der Waals surface area (Å²) in [5.41, 5.74) is 2.15. The van der Waals surface area contributed by atoms with E-state index in [0.717, 1.165) is 0 Å². The van der Waals surface area contributed by atoms with Crippen molar-refractivity contribution in [3.05, 3.63) is 95.6 Å². The molecule has 0 aliphatic carbocycles. The molecule has 6 nitrogen and oxygen atoms in total. The maximum absolute atomic E-state index is 11.9. The maximum atomic E-state index is 11.9. The van der Waals surface area contributed by atoms with E-state index in [4.69, 9.17) is 9.94 Å². The second-order valence-electron chi connectivity index (χ2n) is 5.49. The van der Waals surface area contributed by atoms with Crippen LogP contribution in [0.2, 0.25) is 0 Å². The number of hydroxylamine groups is 1. The van der Waals surface area contributed by atoms with Crippen molar-refractivity contribution >= 4 is 21.1 Å². The first-order valence-electron chi connectivity index (χ1n) is 7.93. The van der Waals surface area contributed by atoms with Crippen LogP contribution in [0, 0.1) is 0 Å². The number of ether oxygens (including phenoxy) is 1. The summed E-state index contributed by atoms with van der Waals surface area (Å²) in [6.45, 7) is 0. The molecular weight excluding hydrogens is 366 g/mol. The summed E-state index contributed by atoms with van der Waals surface area (Å²) in [5, 5.41) is 8.90. The van der Waals surface area contributed by atoms with Gasteiger partial charge in [0.1, 0.15) is 16.4 Å². The average molecular weight is 381 g/mol. The SMILES string of the molecule is O=C(NO)c1ccccc1C(c1ccc(Oc2ccccc2)cc1)=S(=O)=O. The van der Waals surface area contributed by atoms with Crippen molar-refractivity contribution in [2.24, 2.45) is 0 Å². The van der Waals surface area contributed by atoms with E-state index in [1.165, 1.54) is 17.6 Å². The number of amides is 1. The number of benzene rings is 3. The third-order valence-electron chi connectivity index (χ3n) is 3.78. The van der Waals surface area contributed by atoms with Gasteiger partial charge in [0.05, 0.1) is 5.56 Å². The van der Waals surface area contributed by atoms with Gasteiger partial charge in [-0.3, -0.25) is 10.0 Å². The first-order chi connectivity index (χ1) is 13.1. The molecule has 27 heavy (non-hydrogen) atoms. The average Bonchev–Trinajstić information content (AvgIpc) is 2.70. The fourth-order valence-electron chi connectivity index (χ4n) is 2.58. The fraction of sp³-hybridized carbons (Fsp3) is 0. The molecule has 0 bridgehead atoms. The molecule has 0 aliphatic rings. The van der Waals surface area contributed by atoms with Crippen molar-refractivity contribution in [1.82, 2.24) is 5.48 Å². The molecule has 0 saturated carbocycles. The Labute approximate surface area is 157 Å². The van der Waals surface area contributed by atoms with Gasteiger partial charge >= 0.3 is 0 Å². The van der Waals surface area contributed by atoms with E-state index in [1.807, 2.05) is 30.3 Å². The molecule has 0 saturated heterocycles. The predicted octanol–water partition coefficient (Wildman–Crippen LogP) is 3.05. The molecule has 0 aromatic heterocycles. The van der Waals surface area contributed by atoms with Crippen LogP contribution in [0.3, 0.4) is 0 Å². The Morgan fingerprint density at radius 1 is 0.778 bits per heavy atom. The predicted molar refractivity (Wildman–Crippen MR) is 101 cm³/mol. The summed E-state index contributed by atoms with van der Waals surface area (Å²) in [6.07, 6.45) is 0. The van der Waals surface area contributed by atoms with Crippen LogP contribution in [-0.2, 0) is 10.3 Å². The van der Waals surface area contributed by atoms with Crippen LogP contribution >= 0.6 is 0 Å². The summed E-state index contributed by atoms with van der Waals surface area (Å²) in [5.74, 6) is 0.409. The zero-order valence-electron chi connectivity index (χ0n) is 14.0. The van der Waals surface area contributed by atoms with Crippen molar-refractivity contribution < 1.29 is 23.2 Å². The van der Waals surface area contributed by atoms with E-state index >= 15 is 0 Å². The number of nitrogens with one attached hydrogen (secondary N) is 1. The number of carbonyl (C=O) groups is 1. The van der Waals surface area contributed by atoms with E-state index in [1.54, 1.807) is 36.4 Å². The topological polar surface area (TPSA) is 92.7 Å². The summed E-state index contributed by atoms with van der Waals surface area (Å²) >= 11 is 0. The highest BCUT2D eigenvalue weighted by Crippen LogP contribution is 2.23. The van der Waals surface area contributed by atoms with Gasteiger partial charge in [-0.25, -0.2) is 5.48 Å². The van der Waals surface area contributed by atoms with Gasteiger partial charge in [-0.15, -0.1) is 0 Å². The van der Waals surface area contributed by atoms with E-state index in [9.17, 15) is 13.2 Å². The molecule has 0 aliphatic heterocycles. The van der Waals surface area contributed by atoms with Crippen LogP contribution in [0.4, 0.5) is 0 Å². The Balaban J connectivity index is 1.99. The van der Waals surface area contributed by atoms with Crippen LogP contribution in [0.1, 0.15) is 21.5 Å². The Bertz CT molecular complexity index is 1080. The number of para-hydroxylation sites is 1. The second kappa shape index (κ2) is 8.31. The van der Waals surface area contributed by atoms with Crippen LogP contribution < -0.4 is 10.2 Å². The lowest BCUT2D eigenvalue weighted by Crippen LogP contribution is -2.22. The van der Waals surface area contributed by atoms with Gasteiger partial charge in [0.15, 0.2) is 0 Å². The van der Waals surface area contributed by atoms with Crippen LogP contribution in [-0.4, -0.2) is 24.4 Å². The lowest BCUT2D eigenvalue weighted by Gasteiger charge is -2.10. The Morgan fingerprint density at radius 3 is 1.93 bits per heavy atom. The van der Waals surface area contributed by atoms with Gasteiger partial charge in [0.25, 0.3) is 5.91 Å². The fourth-order valence-corrected chi connectivity index (χ4v) is 3.27. The van der Waals surface area contributed by atoms with E-state index in [2.05, 4.69) is 0 Å². The van der Waals surface area contributed by atoms with Gasteiger partial charge in [-0.05, 0) is 48.0 Å². The number of carbonyl (C=O) groups excluding carboxylic acids is 1. The summed E-state index contributed by atoms with van der Waals surface area (Å²) in [6, 6.07) is 21.8. The molecular formula is C20H15NO5S. The molecule has 0 heterocycles. The first kappa shape index (κ1) is 18.4. The van der Waals surface area contributed by atoms with Crippen LogP contribution in [0.5, 0.6) is 11.5 Å². The minimum Gasteiger partial charge on any atom is -0.457 e. The number of hydrogen-bond donors (Lipinski definition) is 2. The smallest absolute Gasteiger partial charge is 0.275 e. The quantitative estimate of drug-likeness (QED) is 0.307. The third kappa shape index (κ3) is 4.22. The van der Waals surface area contributed by atoms with Gasteiger partial charge in [0.2, 0.25) is 10.3 Å². The van der Waals surface area contributed by atoms with E-state index < -0.39 is 16.2 Å². The van der Waals surface area contributed by atoms with Crippen molar-refractivity contribution in [2.45, 2.75) is 0 Å². The van der Waals surface area contributed by atoms with Gasteiger partial charge in [0, 0.05) is 5.56 Å². The van der Waals surface area contributed by atoms with Gasteiger partial charge in [-0.1, -0.05) is 36.4 Å². The van der Waals surface area contributed by atoms with Crippen LogP contribution in [0.15, 0.2) is 78.9 Å². The van der Waals surface area contributed by atoms with Crippen molar-refractivity contribution in [3.63, 3.8) is 0 Å². The highest BCUT2D eigenvalue weighted by atomic mass is 32.2. The molecule has 0 radical (unpaired) electrons. The molecule has 1 amide bonds. The van der Waals surface area contributed by atoms with Crippen molar-refractivity contribution in [3.8, 4) is 11.5 Å². The molecule has 0 spiro atoms. The number of hydrogen-bond acceptors (Lipinski definition) is 5.